The van der Waals surface area contributed by atoms with Gasteiger partial charge in [0.2, 0.25) is 0 Å². The summed E-state index contributed by atoms with van der Waals surface area (Å²) >= 11 is 0. The Balaban J connectivity index is 0.996. The van der Waals surface area contributed by atoms with Gasteiger partial charge in [-0.25, -0.2) is 0 Å². The molecule has 6 rings (SSSR count). The number of aliphatic hydroxyl groups is 1. The van der Waals surface area contributed by atoms with Gasteiger partial charge >= 0.3 is 12.4 Å². The monoisotopic (exact) mass is 574 g/mol. The predicted molar refractivity (Wildman–Crippen MR) is 121 cm³/mol. The zero-order valence-corrected chi connectivity index (χ0v) is 21.7. The van der Waals surface area contributed by atoms with E-state index in [1.807, 2.05) is 0 Å². The van der Waals surface area contributed by atoms with Gasteiger partial charge in [-0.3, -0.25) is 0 Å². The molecule has 4 bridgehead atoms. The summed E-state index contributed by atoms with van der Waals surface area (Å²) in [7, 11) is 0. The van der Waals surface area contributed by atoms with E-state index in [-0.39, 0.29) is 88.5 Å². The summed E-state index contributed by atoms with van der Waals surface area (Å²) in [5.74, 6) is -0.676. The number of ether oxygens (including phenoxy) is 6. The normalized spacial score (nSPS) is 46.2. The number of aliphatic hydroxyl groups excluding tert-OH is 1. The Morgan fingerprint density at radius 1 is 0.795 bits per heavy atom. The fraction of sp³-hybridized carbons (Fsp3) is 1.00. The molecule has 12 atom stereocenters. The molecule has 6 fully saturated rings. The molecule has 12 unspecified atom stereocenters. The molecule has 39 heavy (non-hydrogen) atoms. The first-order valence-electron chi connectivity index (χ1n) is 13.9. The lowest BCUT2D eigenvalue weighted by atomic mass is 9.80. The first kappa shape index (κ1) is 28.4. The molecule has 2 heterocycles. The summed E-state index contributed by atoms with van der Waals surface area (Å²) in [4.78, 5) is 0. The van der Waals surface area contributed by atoms with Crippen molar-refractivity contribution in [1.82, 2.24) is 0 Å². The van der Waals surface area contributed by atoms with Crippen LogP contribution in [0.5, 0.6) is 0 Å². The van der Waals surface area contributed by atoms with E-state index >= 15 is 0 Å². The van der Waals surface area contributed by atoms with Crippen LogP contribution in [-0.4, -0.2) is 99.3 Å². The van der Waals surface area contributed by atoms with Gasteiger partial charge in [-0.1, -0.05) is 0 Å². The van der Waals surface area contributed by atoms with Gasteiger partial charge in [0.1, 0.15) is 18.3 Å². The van der Waals surface area contributed by atoms with Crippen LogP contribution in [0.3, 0.4) is 0 Å². The number of hydrogen-bond donors (Lipinski definition) is 1. The minimum Gasteiger partial charge on any atom is -0.388 e. The fourth-order valence-electron chi connectivity index (χ4n) is 7.64. The van der Waals surface area contributed by atoms with Crippen LogP contribution < -0.4 is 0 Å². The predicted octanol–water partition coefficient (Wildman–Crippen LogP) is 3.80. The van der Waals surface area contributed by atoms with Gasteiger partial charge in [0, 0.05) is 0 Å². The highest BCUT2D eigenvalue weighted by Crippen LogP contribution is 2.64. The maximum absolute atomic E-state index is 14.2. The molecule has 4 aliphatic carbocycles. The van der Waals surface area contributed by atoms with Gasteiger partial charge < -0.3 is 33.5 Å². The largest absolute Gasteiger partial charge is 0.397 e. The van der Waals surface area contributed by atoms with E-state index in [1.54, 1.807) is 6.92 Å². The zero-order valence-electron chi connectivity index (χ0n) is 21.7. The molecular formula is C26H36F6O7. The maximum Gasteiger partial charge on any atom is 0.397 e. The summed E-state index contributed by atoms with van der Waals surface area (Å²) in [5.41, 5.74) is -4.04. The Bertz CT molecular complexity index is 895. The van der Waals surface area contributed by atoms with E-state index in [2.05, 4.69) is 0 Å². The summed E-state index contributed by atoms with van der Waals surface area (Å²) in [5, 5.41) is 10.4. The van der Waals surface area contributed by atoms with Crippen LogP contribution in [-0.2, 0) is 28.4 Å². The second-order valence-electron chi connectivity index (χ2n) is 12.5. The van der Waals surface area contributed by atoms with Crippen LogP contribution >= 0.6 is 0 Å². The van der Waals surface area contributed by atoms with Crippen LogP contribution in [0, 0.1) is 22.7 Å². The first-order chi connectivity index (χ1) is 18.3. The van der Waals surface area contributed by atoms with Gasteiger partial charge in [-0.05, 0) is 57.3 Å². The van der Waals surface area contributed by atoms with Crippen LogP contribution in [0.2, 0.25) is 0 Å². The number of rotatable bonds is 12. The number of fused-ring (bicyclic) bond motifs is 4. The lowest BCUT2D eigenvalue weighted by molar-refractivity contribution is -0.264. The smallest absolute Gasteiger partial charge is 0.388 e. The molecule has 6 aliphatic rings. The molecule has 224 valence electrons. The van der Waals surface area contributed by atoms with Crippen molar-refractivity contribution in [2.24, 2.45) is 22.7 Å². The molecule has 1 N–H and O–H groups in total. The molecule has 7 nitrogen and oxygen atoms in total. The van der Waals surface area contributed by atoms with E-state index in [4.69, 9.17) is 28.4 Å². The molecule has 0 radical (unpaired) electrons. The van der Waals surface area contributed by atoms with Crippen molar-refractivity contribution in [3.05, 3.63) is 0 Å². The standard InChI is InChI=1S/C26H36F6O7/c1-13(20-12-36-20)39-19-7-24(26(30,31)32)5-15(19)3-21(24)37-9-16(33)8-35-18-6-23(25(27,28)29)4-14(18)2-22(23)38-11-17-10-34-17/h13-22,33H,2-12H2,1H3. The topological polar surface area (TPSA) is 82.2 Å². The van der Waals surface area contributed by atoms with Crippen LogP contribution in [0.25, 0.3) is 0 Å². The minimum atomic E-state index is -4.50. The SMILES string of the molecule is CC(OC1CC2(C(F)(F)F)CC1CC2OCC(O)COC1CC2(C(F)(F)F)CC1CC2OCC1CO1)C1CO1. The second kappa shape index (κ2) is 9.95. The Hall–Kier alpha value is -0.700. The summed E-state index contributed by atoms with van der Waals surface area (Å²) in [6.45, 7) is 2.29. The molecule has 0 spiro atoms. The van der Waals surface area contributed by atoms with E-state index < -0.39 is 53.7 Å². The van der Waals surface area contributed by atoms with Gasteiger partial charge in [0.25, 0.3) is 0 Å². The third-order valence-electron chi connectivity index (χ3n) is 9.98. The van der Waals surface area contributed by atoms with E-state index in [9.17, 15) is 31.4 Å². The average molecular weight is 575 g/mol. The molecule has 0 aromatic heterocycles. The Kier molecular flexibility index (Phi) is 7.25. The van der Waals surface area contributed by atoms with Gasteiger partial charge in [0.15, 0.2) is 0 Å². The minimum absolute atomic E-state index is 0.0648. The highest BCUT2D eigenvalue weighted by atomic mass is 19.4. The Labute approximate surface area is 222 Å². The maximum atomic E-state index is 14.2. The number of epoxide rings is 2. The van der Waals surface area contributed by atoms with Crippen LogP contribution in [0.4, 0.5) is 26.3 Å². The molecule has 0 amide bonds. The van der Waals surface area contributed by atoms with Crippen molar-refractivity contribution in [1.29, 1.82) is 0 Å². The molecule has 4 saturated carbocycles. The average Bonchev–Trinajstić information content (AvgIpc) is 3.74. The molecule has 2 aliphatic heterocycles. The van der Waals surface area contributed by atoms with Crippen molar-refractivity contribution < 1.29 is 59.9 Å². The van der Waals surface area contributed by atoms with Crippen molar-refractivity contribution in [2.45, 2.75) is 107 Å². The quantitative estimate of drug-likeness (QED) is 0.281. The summed E-state index contributed by atoms with van der Waals surface area (Å²) in [6.07, 6.45) is -14.3. The third kappa shape index (κ3) is 5.23. The van der Waals surface area contributed by atoms with Gasteiger partial charge in [0.05, 0.1) is 74.4 Å². The van der Waals surface area contributed by atoms with E-state index in [0.29, 0.717) is 13.2 Å². The summed E-state index contributed by atoms with van der Waals surface area (Å²) < 4.78 is 118. The Morgan fingerprint density at radius 3 is 1.90 bits per heavy atom. The highest BCUT2D eigenvalue weighted by Gasteiger charge is 2.71. The fourth-order valence-corrected chi connectivity index (χ4v) is 7.64. The van der Waals surface area contributed by atoms with Crippen molar-refractivity contribution in [3.8, 4) is 0 Å². The van der Waals surface area contributed by atoms with Crippen LogP contribution in [0.15, 0.2) is 0 Å². The van der Waals surface area contributed by atoms with Crippen molar-refractivity contribution in [3.63, 3.8) is 0 Å². The Morgan fingerprint density at radius 2 is 1.33 bits per heavy atom. The number of alkyl halides is 6. The second-order valence-corrected chi connectivity index (χ2v) is 12.5. The van der Waals surface area contributed by atoms with Crippen molar-refractivity contribution >= 4 is 0 Å². The number of halogens is 6. The summed E-state index contributed by atoms with van der Waals surface area (Å²) in [6, 6.07) is 0. The molecule has 0 aromatic carbocycles. The molecule has 0 aromatic rings. The van der Waals surface area contributed by atoms with E-state index in [1.165, 1.54) is 0 Å². The van der Waals surface area contributed by atoms with Gasteiger partial charge in [-0.2, -0.15) is 26.3 Å². The lowest BCUT2D eigenvalue weighted by Gasteiger charge is -2.39. The third-order valence-corrected chi connectivity index (χ3v) is 9.98. The van der Waals surface area contributed by atoms with Crippen LogP contribution in [0.1, 0.15) is 45.4 Å². The molecule has 2 saturated heterocycles. The lowest BCUT2D eigenvalue weighted by Crippen LogP contribution is -2.49. The van der Waals surface area contributed by atoms with Crippen molar-refractivity contribution in [2.75, 3.05) is 33.0 Å². The molecular weight excluding hydrogens is 538 g/mol. The zero-order chi connectivity index (χ0) is 27.8. The molecule has 13 heteroatoms. The number of hydrogen-bond acceptors (Lipinski definition) is 7. The van der Waals surface area contributed by atoms with Gasteiger partial charge in [-0.15, -0.1) is 0 Å². The highest BCUT2D eigenvalue weighted by molar-refractivity contribution is 5.12. The van der Waals surface area contributed by atoms with E-state index in [0.717, 1.165) is 0 Å². The first-order valence-corrected chi connectivity index (χ1v) is 13.9.